The molecule has 0 spiro atoms. The van der Waals surface area contributed by atoms with Gasteiger partial charge in [0.1, 0.15) is 29.7 Å². The van der Waals surface area contributed by atoms with Crippen LogP contribution in [0.1, 0.15) is 11.4 Å². The number of imidazole rings is 1. The van der Waals surface area contributed by atoms with Gasteiger partial charge in [0.05, 0.1) is 31.2 Å². The Hall–Kier alpha value is -3.78. The smallest absolute Gasteiger partial charge is 0.231 e. The minimum absolute atomic E-state index is 0.264. The molecule has 1 aliphatic heterocycles. The van der Waals surface area contributed by atoms with E-state index in [1.807, 2.05) is 36.4 Å². The monoisotopic (exact) mass is 449 g/mol. The normalized spacial score (nSPS) is 12.3. The van der Waals surface area contributed by atoms with Crippen LogP contribution >= 0.6 is 0 Å². The molecule has 4 aromatic rings. The second-order valence-electron chi connectivity index (χ2n) is 7.63. The number of methoxy groups -OCH3 is 1. The molecule has 0 fully saturated rings. The number of nitrogens with one attached hydrogen (secondary N) is 1. The van der Waals surface area contributed by atoms with Crippen LogP contribution in [-0.4, -0.2) is 30.1 Å². The molecular weight excluding hydrogens is 425 g/mol. The molecule has 0 saturated heterocycles. The van der Waals surface area contributed by atoms with Crippen molar-refractivity contribution in [2.24, 2.45) is 0 Å². The van der Waals surface area contributed by atoms with Gasteiger partial charge in [-0.25, -0.2) is 9.37 Å². The molecule has 1 aliphatic rings. The van der Waals surface area contributed by atoms with Gasteiger partial charge >= 0.3 is 0 Å². The highest BCUT2D eigenvalue weighted by Gasteiger charge is 2.14. The number of fused-ring (bicyclic) bond motifs is 2. The summed E-state index contributed by atoms with van der Waals surface area (Å²) in [5, 5.41) is 3.46. The Morgan fingerprint density at radius 3 is 2.64 bits per heavy atom. The molecule has 7 nitrogen and oxygen atoms in total. The van der Waals surface area contributed by atoms with Crippen molar-refractivity contribution < 1.29 is 23.3 Å². The van der Waals surface area contributed by atoms with E-state index in [0.717, 1.165) is 39.7 Å². The van der Waals surface area contributed by atoms with Gasteiger partial charge in [0.2, 0.25) is 6.79 Å². The zero-order valence-corrected chi connectivity index (χ0v) is 18.2. The van der Waals surface area contributed by atoms with Gasteiger partial charge in [0.15, 0.2) is 11.5 Å². The number of hydrogen-bond donors (Lipinski definition) is 1. The van der Waals surface area contributed by atoms with Crippen LogP contribution in [0, 0.1) is 5.82 Å². The molecule has 5 rings (SSSR count). The summed E-state index contributed by atoms with van der Waals surface area (Å²) in [6.45, 7) is 2.52. The van der Waals surface area contributed by atoms with Gasteiger partial charge in [-0.2, -0.15) is 0 Å². The second-order valence-corrected chi connectivity index (χ2v) is 7.63. The molecule has 0 saturated carbocycles. The maximum absolute atomic E-state index is 13.1. The lowest BCUT2D eigenvalue weighted by Crippen LogP contribution is -2.18. The number of halogens is 1. The van der Waals surface area contributed by atoms with Crippen molar-refractivity contribution in [1.82, 2.24) is 14.9 Å². The average molecular weight is 449 g/mol. The number of aromatic nitrogens is 2. The summed E-state index contributed by atoms with van der Waals surface area (Å²) in [5.41, 5.74) is 2.96. The van der Waals surface area contributed by atoms with Crippen molar-refractivity contribution in [3.8, 4) is 23.0 Å². The minimum Gasteiger partial charge on any atom is -0.497 e. The van der Waals surface area contributed by atoms with Gasteiger partial charge in [-0.3, -0.25) is 0 Å². The summed E-state index contributed by atoms with van der Waals surface area (Å²) in [7, 11) is 1.64. The highest BCUT2D eigenvalue weighted by Crippen LogP contribution is 2.32. The fraction of sp³-hybridized carbons (Fsp3) is 0.240. The standard InChI is InChI=1S/C25H24FN3O4/c1-30-20-7-8-22-21(13-20)28-25(29(22)10-11-31-19-5-3-18(26)4-6-19)15-27-14-17-2-9-23-24(12-17)33-16-32-23/h2-9,12-13,27H,10-11,14-16H2,1H3. The maximum atomic E-state index is 13.1. The van der Waals surface area contributed by atoms with Crippen molar-refractivity contribution >= 4 is 11.0 Å². The molecule has 2 heterocycles. The molecule has 0 radical (unpaired) electrons. The topological polar surface area (TPSA) is 66.8 Å². The number of nitrogens with zero attached hydrogens (tertiary/aromatic N) is 2. The van der Waals surface area contributed by atoms with Crippen molar-refractivity contribution in [1.29, 1.82) is 0 Å². The lowest BCUT2D eigenvalue weighted by molar-refractivity contribution is 0.174. The van der Waals surface area contributed by atoms with Gasteiger partial charge in [-0.15, -0.1) is 0 Å². The van der Waals surface area contributed by atoms with Gasteiger partial charge < -0.3 is 28.8 Å². The van der Waals surface area contributed by atoms with E-state index in [0.29, 0.717) is 32.0 Å². The van der Waals surface area contributed by atoms with E-state index in [1.165, 1.54) is 12.1 Å². The fourth-order valence-electron chi connectivity index (χ4n) is 3.83. The zero-order chi connectivity index (χ0) is 22.6. The lowest BCUT2D eigenvalue weighted by atomic mass is 10.2. The van der Waals surface area contributed by atoms with Crippen LogP contribution in [0.4, 0.5) is 4.39 Å². The summed E-state index contributed by atoms with van der Waals surface area (Å²) >= 11 is 0. The molecule has 0 amide bonds. The van der Waals surface area contributed by atoms with Crippen molar-refractivity contribution in [3.05, 3.63) is 77.9 Å². The van der Waals surface area contributed by atoms with Gasteiger partial charge in [0, 0.05) is 12.6 Å². The van der Waals surface area contributed by atoms with E-state index in [9.17, 15) is 4.39 Å². The van der Waals surface area contributed by atoms with Gasteiger partial charge in [0.25, 0.3) is 0 Å². The molecule has 1 N–H and O–H groups in total. The highest BCUT2D eigenvalue weighted by atomic mass is 19.1. The quantitative estimate of drug-likeness (QED) is 0.411. The second kappa shape index (κ2) is 9.38. The average Bonchev–Trinajstić information content (AvgIpc) is 3.44. The summed E-state index contributed by atoms with van der Waals surface area (Å²) in [6.07, 6.45) is 0. The highest BCUT2D eigenvalue weighted by molar-refractivity contribution is 5.77. The van der Waals surface area contributed by atoms with E-state index in [4.69, 9.17) is 23.9 Å². The summed E-state index contributed by atoms with van der Waals surface area (Å²) in [4.78, 5) is 4.82. The van der Waals surface area contributed by atoms with E-state index < -0.39 is 0 Å². The minimum atomic E-state index is -0.285. The van der Waals surface area contributed by atoms with Crippen LogP contribution in [-0.2, 0) is 19.6 Å². The number of rotatable bonds is 9. The molecule has 0 aliphatic carbocycles. The summed E-state index contributed by atoms with van der Waals surface area (Å²) < 4.78 is 37.3. The first kappa shape index (κ1) is 21.1. The van der Waals surface area contributed by atoms with Crippen molar-refractivity contribution in [2.75, 3.05) is 20.5 Å². The van der Waals surface area contributed by atoms with E-state index in [2.05, 4.69) is 9.88 Å². The number of hydrogen-bond acceptors (Lipinski definition) is 6. The summed E-state index contributed by atoms with van der Waals surface area (Å²) in [6, 6.07) is 17.8. The Morgan fingerprint density at radius 2 is 1.79 bits per heavy atom. The van der Waals surface area contributed by atoms with Crippen LogP contribution < -0.4 is 24.3 Å². The van der Waals surface area contributed by atoms with Gasteiger partial charge in [-0.05, 0) is 54.1 Å². The molecule has 33 heavy (non-hydrogen) atoms. The molecule has 0 bridgehead atoms. The zero-order valence-electron chi connectivity index (χ0n) is 18.2. The predicted octanol–water partition coefficient (Wildman–Crippen LogP) is 4.28. The Bertz CT molecular complexity index is 1260. The molecule has 0 atom stereocenters. The number of benzene rings is 3. The van der Waals surface area contributed by atoms with Crippen LogP contribution in [0.2, 0.25) is 0 Å². The van der Waals surface area contributed by atoms with E-state index >= 15 is 0 Å². The first-order valence-electron chi connectivity index (χ1n) is 10.7. The van der Waals surface area contributed by atoms with Crippen LogP contribution in [0.5, 0.6) is 23.0 Å². The molecule has 1 aromatic heterocycles. The third-order valence-corrected chi connectivity index (χ3v) is 5.48. The van der Waals surface area contributed by atoms with E-state index in [1.54, 1.807) is 19.2 Å². The fourth-order valence-corrected chi connectivity index (χ4v) is 3.83. The van der Waals surface area contributed by atoms with Crippen molar-refractivity contribution in [2.45, 2.75) is 19.6 Å². The van der Waals surface area contributed by atoms with Crippen LogP contribution in [0.3, 0.4) is 0 Å². The molecule has 8 heteroatoms. The predicted molar refractivity (Wildman–Crippen MR) is 121 cm³/mol. The van der Waals surface area contributed by atoms with Crippen LogP contribution in [0.15, 0.2) is 60.7 Å². The van der Waals surface area contributed by atoms with Gasteiger partial charge in [-0.1, -0.05) is 6.07 Å². The molecule has 3 aromatic carbocycles. The van der Waals surface area contributed by atoms with Crippen molar-refractivity contribution in [3.63, 3.8) is 0 Å². The lowest BCUT2D eigenvalue weighted by Gasteiger charge is -2.12. The third-order valence-electron chi connectivity index (χ3n) is 5.48. The van der Waals surface area contributed by atoms with E-state index in [-0.39, 0.29) is 12.6 Å². The molecular formula is C25H24FN3O4. The SMILES string of the molecule is COc1ccc2c(c1)nc(CNCc1ccc3c(c1)OCO3)n2CCOc1ccc(F)cc1. The molecule has 0 unspecified atom stereocenters. The maximum Gasteiger partial charge on any atom is 0.231 e. The Labute approximate surface area is 190 Å². The van der Waals surface area contributed by atoms with Crippen LogP contribution in [0.25, 0.3) is 11.0 Å². The largest absolute Gasteiger partial charge is 0.497 e. The Balaban J connectivity index is 1.29. The first-order chi connectivity index (χ1) is 16.2. The molecule has 170 valence electrons. The number of ether oxygens (including phenoxy) is 4. The summed E-state index contributed by atoms with van der Waals surface area (Å²) in [5.74, 6) is 3.54. The first-order valence-corrected chi connectivity index (χ1v) is 10.7. The Morgan fingerprint density at radius 1 is 0.970 bits per heavy atom. The Kier molecular flexibility index (Phi) is 5.99. The third kappa shape index (κ3) is 4.70.